The molecule has 0 aliphatic rings. The fourth-order valence-corrected chi connectivity index (χ4v) is 2.80. The van der Waals surface area contributed by atoms with Crippen LogP contribution >= 0.6 is 35.4 Å². The largest absolute Gasteiger partial charge is 0.489 e. The van der Waals surface area contributed by atoms with Crippen molar-refractivity contribution in [3.63, 3.8) is 0 Å². The number of hydrogen-bond acceptors (Lipinski definition) is 4. The number of H-pyrrole nitrogens is 1. The number of hydrogen-bond donors (Lipinski definition) is 2. The van der Waals surface area contributed by atoms with Gasteiger partial charge in [-0.25, -0.2) is 4.68 Å². The van der Waals surface area contributed by atoms with Crippen molar-refractivity contribution in [3.8, 4) is 5.75 Å². The summed E-state index contributed by atoms with van der Waals surface area (Å²) in [5.74, 6) is 1.45. The Morgan fingerprint density at radius 1 is 1.41 bits per heavy atom. The lowest BCUT2D eigenvalue weighted by Crippen LogP contribution is -2.18. The maximum Gasteiger partial charge on any atom is 0.214 e. The standard InChI is InChI=1S/C14H18Cl2N4OS/c1-4-12-18-19-14(22)20(12)17-7-9-5-10(15)6-11(16)13(9)21-8(2)3/h5-6,8,17H,4,7H2,1-3H3,(H,19,22). The molecule has 0 fully saturated rings. The van der Waals surface area contributed by atoms with Gasteiger partial charge in [-0.3, -0.25) is 5.10 Å². The van der Waals surface area contributed by atoms with Crippen molar-refractivity contribution in [2.45, 2.75) is 39.8 Å². The minimum absolute atomic E-state index is 0.0136. The van der Waals surface area contributed by atoms with Crippen molar-refractivity contribution in [3.05, 3.63) is 38.3 Å². The normalized spacial score (nSPS) is 11.0. The van der Waals surface area contributed by atoms with Gasteiger partial charge in [0.25, 0.3) is 0 Å². The fourth-order valence-electron chi connectivity index (χ4n) is 2.01. The topological polar surface area (TPSA) is 54.9 Å². The van der Waals surface area contributed by atoms with E-state index in [-0.39, 0.29) is 6.10 Å². The molecule has 0 bridgehead atoms. The summed E-state index contributed by atoms with van der Waals surface area (Å²) in [4.78, 5) is 0. The van der Waals surface area contributed by atoms with Crippen molar-refractivity contribution >= 4 is 35.4 Å². The molecule has 0 spiro atoms. The number of ether oxygens (including phenoxy) is 1. The molecule has 1 heterocycles. The molecule has 0 radical (unpaired) electrons. The molecule has 0 unspecified atom stereocenters. The molecule has 120 valence electrons. The van der Waals surface area contributed by atoms with Gasteiger partial charge in [-0.1, -0.05) is 30.1 Å². The maximum absolute atomic E-state index is 6.25. The first kappa shape index (κ1) is 17.1. The van der Waals surface area contributed by atoms with Crippen LogP contribution < -0.4 is 10.2 Å². The first-order valence-corrected chi connectivity index (χ1v) is 8.13. The summed E-state index contributed by atoms with van der Waals surface area (Å²) in [7, 11) is 0. The van der Waals surface area contributed by atoms with Gasteiger partial charge in [-0.05, 0) is 38.2 Å². The zero-order chi connectivity index (χ0) is 16.3. The van der Waals surface area contributed by atoms with E-state index in [1.54, 1.807) is 10.7 Å². The third-order valence-corrected chi connectivity index (χ3v) is 3.70. The molecule has 1 aromatic heterocycles. The van der Waals surface area contributed by atoms with Crippen molar-refractivity contribution in [2.75, 3.05) is 5.43 Å². The Kier molecular flexibility index (Phi) is 5.72. The highest BCUT2D eigenvalue weighted by Gasteiger charge is 2.13. The predicted molar refractivity (Wildman–Crippen MR) is 92.1 cm³/mol. The summed E-state index contributed by atoms with van der Waals surface area (Å²) in [5, 5.41) is 7.97. The smallest absolute Gasteiger partial charge is 0.214 e. The van der Waals surface area contributed by atoms with E-state index in [1.165, 1.54) is 0 Å². The highest BCUT2D eigenvalue weighted by molar-refractivity contribution is 7.71. The maximum atomic E-state index is 6.25. The molecule has 0 aliphatic heterocycles. The first-order chi connectivity index (χ1) is 10.4. The van der Waals surface area contributed by atoms with Crippen LogP contribution in [0.4, 0.5) is 0 Å². The molecular weight excluding hydrogens is 343 g/mol. The molecule has 2 aromatic rings. The number of nitrogens with zero attached hydrogens (tertiary/aromatic N) is 2. The average molecular weight is 361 g/mol. The van der Waals surface area contributed by atoms with E-state index in [2.05, 4.69) is 15.6 Å². The quantitative estimate of drug-likeness (QED) is 0.752. The molecule has 0 aliphatic carbocycles. The summed E-state index contributed by atoms with van der Waals surface area (Å²) in [6.45, 7) is 6.36. The number of aromatic nitrogens is 3. The number of halogens is 2. The van der Waals surface area contributed by atoms with Gasteiger partial charge in [-0.15, -0.1) is 0 Å². The number of aryl methyl sites for hydroxylation is 1. The first-order valence-electron chi connectivity index (χ1n) is 6.97. The summed E-state index contributed by atoms with van der Waals surface area (Å²) < 4.78 is 8.05. The fraction of sp³-hybridized carbons (Fsp3) is 0.429. The molecular formula is C14H18Cl2N4OS. The van der Waals surface area contributed by atoms with Crippen LogP contribution in [0.2, 0.25) is 10.0 Å². The van der Waals surface area contributed by atoms with E-state index >= 15 is 0 Å². The molecule has 5 nitrogen and oxygen atoms in total. The van der Waals surface area contributed by atoms with Crippen LogP contribution in [0.5, 0.6) is 5.75 Å². The highest BCUT2D eigenvalue weighted by Crippen LogP contribution is 2.33. The minimum Gasteiger partial charge on any atom is -0.489 e. The third kappa shape index (κ3) is 3.94. The third-order valence-electron chi connectivity index (χ3n) is 2.92. The number of rotatable bonds is 6. The Morgan fingerprint density at radius 3 is 2.77 bits per heavy atom. The zero-order valence-electron chi connectivity index (χ0n) is 12.6. The summed E-state index contributed by atoms with van der Waals surface area (Å²) in [6, 6.07) is 3.50. The van der Waals surface area contributed by atoms with Gasteiger partial charge in [0.05, 0.1) is 17.7 Å². The van der Waals surface area contributed by atoms with E-state index in [9.17, 15) is 0 Å². The van der Waals surface area contributed by atoms with Crippen molar-refractivity contribution < 1.29 is 4.74 Å². The second kappa shape index (κ2) is 7.35. The average Bonchev–Trinajstić information content (AvgIpc) is 2.80. The molecule has 1 aromatic carbocycles. The Labute approximate surface area is 144 Å². The highest BCUT2D eigenvalue weighted by atomic mass is 35.5. The molecule has 22 heavy (non-hydrogen) atoms. The summed E-state index contributed by atoms with van der Waals surface area (Å²) in [5.41, 5.74) is 4.08. The van der Waals surface area contributed by atoms with Gasteiger partial charge in [0.2, 0.25) is 4.77 Å². The Balaban J connectivity index is 2.28. The van der Waals surface area contributed by atoms with Gasteiger partial charge in [0.1, 0.15) is 5.75 Å². The lowest BCUT2D eigenvalue weighted by molar-refractivity contribution is 0.240. The van der Waals surface area contributed by atoms with Crippen LogP contribution in [0.25, 0.3) is 0 Å². The second-order valence-electron chi connectivity index (χ2n) is 5.01. The molecule has 8 heteroatoms. The van der Waals surface area contributed by atoms with E-state index < -0.39 is 0 Å². The number of nitrogens with one attached hydrogen (secondary N) is 2. The lowest BCUT2D eigenvalue weighted by atomic mass is 10.2. The van der Waals surface area contributed by atoms with E-state index in [0.717, 1.165) is 17.8 Å². The van der Waals surface area contributed by atoms with Crippen LogP contribution in [0.3, 0.4) is 0 Å². The molecule has 2 rings (SSSR count). The molecule has 0 saturated carbocycles. The van der Waals surface area contributed by atoms with E-state index in [4.69, 9.17) is 40.2 Å². The van der Waals surface area contributed by atoms with Crippen molar-refractivity contribution in [2.24, 2.45) is 0 Å². The van der Waals surface area contributed by atoms with Gasteiger partial charge in [0, 0.05) is 17.0 Å². The molecule has 0 saturated heterocycles. The van der Waals surface area contributed by atoms with Crippen LogP contribution in [0, 0.1) is 4.77 Å². The SMILES string of the molecule is CCc1n[nH]c(=S)n1NCc1cc(Cl)cc(Cl)c1OC(C)C. The van der Waals surface area contributed by atoms with Gasteiger partial charge in [0.15, 0.2) is 5.82 Å². The Hall–Kier alpha value is -1.24. The Bertz CT molecular complexity index is 711. The minimum atomic E-state index is 0.0136. The zero-order valence-corrected chi connectivity index (χ0v) is 14.9. The van der Waals surface area contributed by atoms with Crippen molar-refractivity contribution in [1.82, 2.24) is 14.9 Å². The van der Waals surface area contributed by atoms with Gasteiger partial charge < -0.3 is 10.2 Å². The van der Waals surface area contributed by atoms with Crippen LogP contribution in [0.1, 0.15) is 32.2 Å². The molecule has 2 N–H and O–H groups in total. The number of benzene rings is 1. The van der Waals surface area contributed by atoms with Gasteiger partial charge >= 0.3 is 0 Å². The second-order valence-corrected chi connectivity index (χ2v) is 6.24. The van der Waals surface area contributed by atoms with E-state index in [1.807, 2.05) is 26.8 Å². The molecule has 0 amide bonds. The van der Waals surface area contributed by atoms with Gasteiger partial charge in [-0.2, -0.15) is 5.10 Å². The molecule has 0 atom stereocenters. The lowest BCUT2D eigenvalue weighted by Gasteiger charge is -2.17. The predicted octanol–water partition coefficient (Wildman–Crippen LogP) is 4.34. The van der Waals surface area contributed by atoms with E-state index in [0.29, 0.717) is 27.1 Å². The van der Waals surface area contributed by atoms with Crippen molar-refractivity contribution in [1.29, 1.82) is 0 Å². The van der Waals surface area contributed by atoms with Crippen LogP contribution in [-0.4, -0.2) is 21.0 Å². The van der Waals surface area contributed by atoms with Crippen LogP contribution in [-0.2, 0) is 13.0 Å². The van der Waals surface area contributed by atoms with Crippen LogP contribution in [0.15, 0.2) is 12.1 Å². The summed E-state index contributed by atoms with van der Waals surface area (Å²) >= 11 is 17.5. The summed E-state index contributed by atoms with van der Waals surface area (Å²) in [6.07, 6.45) is 0.769. The Morgan fingerprint density at radius 2 is 2.14 bits per heavy atom. The monoisotopic (exact) mass is 360 g/mol. The number of aromatic amines is 1.